The Morgan fingerprint density at radius 2 is 1.52 bits per heavy atom. The van der Waals surface area contributed by atoms with Crippen molar-refractivity contribution in [3.8, 4) is 0 Å². The van der Waals surface area contributed by atoms with Gasteiger partial charge in [-0.15, -0.1) is 0 Å². The molecule has 1 saturated heterocycles. The molecule has 3 fully saturated rings. The average Bonchev–Trinajstić information content (AvgIpc) is 3.29. The van der Waals surface area contributed by atoms with Gasteiger partial charge in [0.25, 0.3) is 0 Å². The Morgan fingerprint density at radius 1 is 0.947 bits per heavy atom. The number of carbonyl (C=O) groups is 8. The summed E-state index contributed by atoms with van der Waals surface area (Å²) in [6, 6.07) is 12.3. The predicted molar refractivity (Wildman–Crippen MR) is 253 cm³/mol. The van der Waals surface area contributed by atoms with E-state index in [1.54, 1.807) is 57.2 Å². The lowest BCUT2D eigenvalue weighted by Gasteiger charge is -2.67. The van der Waals surface area contributed by atoms with Gasteiger partial charge in [-0.25, -0.2) is 32.4 Å². The topological polar surface area (TPSA) is 379 Å². The van der Waals surface area contributed by atoms with Crippen molar-refractivity contribution < 1.29 is 111 Å². The van der Waals surface area contributed by atoms with Crippen molar-refractivity contribution in [2.45, 2.75) is 140 Å². The number of hydrogen-bond acceptors (Lipinski definition) is 21. The van der Waals surface area contributed by atoms with Crippen LogP contribution in [0, 0.1) is 16.7 Å². The maximum absolute atomic E-state index is 15.2. The van der Waals surface area contributed by atoms with Crippen LogP contribution in [0.25, 0.3) is 0 Å². The number of Topliss-reactive ketones (excluding diaryl/α,β-unsaturated/α-hetero) is 1. The molecule has 1 amide bonds. The third kappa shape index (κ3) is 12.8. The Hall–Kier alpha value is -6.35. The van der Waals surface area contributed by atoms with Crippen LogP contribution in [0.1, 0.15) is 96.6 Å². The molecule has 12 atom stereocenters. The fraction of sp³-hybridized carbons (Fsp3) is 0.560. The molecule has 0 unspecified atom stereocenters. The van der Waals surface area contributed by atoms with E-state index >= 15 is 4.79 Å². The SMILES string of the molecule is CC(=O)O[C@@]12CO[C@@H]1C[C@H](O)[C@@]1(C)C(=O)[C@H](O)C3=C(C)[C@@H](OC(=O)[C@H](OC(=O)COC(=O)C[C@H]([NH3+])C(=O)O)[C@@H](NC(=O)OC(C)(C)C)c4ccccc4)C[C@@](O)([C@@H](OC(=O)c4ccccc4)[C@H]21)C3(C)C.CS(=O)(=O)[O-]. The number of fused-ring (bicyclic) bond motifs is 5. The Morgan fingerprint density at radius 3 is 2.04 bits per heavy atom. The van der Waals surface area contributed by atoms with E-state index in [9.17, 15) is 54.0 Å². The van der Waals surface area contributed by atoms with Gasteiger partial charge in [0.2, 0.25) is 6.10 Å². The first kappa shape index (κ1) is 59.5. The number of nitrogens with one attached hydrogen (secondary N) is 1. The number of ether oxygens (including phenoxy) is 7. The fourth-order valence-electron chi connectivity index (χ4n) is 10.3. The van der Waals surface area contributed by atoms with Crippen molar-refractivity contribution in [2.75, 3.05) is 19.5 Å². The number of quaternary nitrogens is 1. The number of esters is 5. The maximum atomic E-state index is 15.2. The van der Waals surface area contributed by atoms with Crippen LogP contribution >= 0.6 is 0 Å². The Balaban J connectivity index is 0.00000198. The van der Waals surface area contributed by atoms with E-state index in [-0.39, 0.29) is 35.3 Å². The second-order valence-electron chi connectivity index (χ2n) is 20.6. The molecule has 1 heterocycles. The molecule has 8 N–H and O–H groups in total. The predicted octanol–water partition coefficient (Wildman–Crippen LogP) is 0.600. The molecule has 2 aromatic carbocycles. The summed E-state index contributed by atoms with van der Waals surface area (Å²) in [7, 11) is -3.92. The van der Waals surface area contributed by atoms with E-state index in [1.807, 2.05) is 0 Å². The number of carboxylic acid groups (broad SMARTS) is 1. The standard InChI is InChI=1S/C49H60N2O19.CH4O3S/c1-24-29(66-43(61)37(67-33(55)22-64-32(54)19-28(50)41(58)59)35(26-15-11-9-12-16-26)51-44(62)70-45(3,4)5)21-49(63)40(68-42(60)27-17-13-10-14-18-27)38-47(8,39(57)36(56)34(24)46(49,6)7)30(53)20-31-48(38,23-65-31)69-25(2)52;1-5(2,3)4/h9-18,28-31,35-38,40,53,56,63H,19-23,50H2,1-8H3,(H,51,62)(H,58,59);1H3,(H,2,3,4)/t28-,29-,30-,31+,35-,36+,37+,38-,40-,47+,48-,49+;/m0./s1. The van der Waals surface area contributed by atoms with Gasteiger partial charge in [0.1, 0.15) is 48.1 Å². The molecule has 3 aliphatic carbocycles. The largest absolute Gasteiger partial charge is 0.748 e. The molecule has 0 radical (unpaired) electrons. The number of ketones is 1. The zero-order chi connectivity index (χ0) is 56.4. The third-order valence-corrected chi connectivity index (χ3v) is 13.9. The Labute approximate surface area is 431 Å². The molecule has 25 heteroatoms. The lowest BCUT2D eigenvalue weighted by atomic mass is 9.44. The van der Waals surface area contributed by atoms with Crippen LogP contribution in [-0.2, 0) is 72.0 Å². The number of amides is 1. The number of alkyl carbamates (subject to hydrolysis) is 1. The highest BCUT2D eigenvalue weighted by atomic mass is 32.2. The van der Waals surface area contributed by atoms with Crippen molar-refractivity contribution in [3.05, 3.63) is 82.9 Å². The van der Waals surface area contributed by atoms with Gasteiger partial charge in [0.05, 0.1) is 39.7 Å². The molecule has 2 aromatic rings. The van der Waals surface area contributed by atoms with Gasteiger partial charge >= 0.3 is 41.9 Å². The summed E-state index contributed by atoms with van der Waals surface area (Å²) >= 11 is 0. The number of hydrogen-bond donors (Lipinski definition) is 6. The number of carboxylic acids is 1. The van der Waals surface area contributed by atoms with Crippen LogP contribution in [0.2, 0.25) is 0 Å². The summed E-state index contributed by atoms with van der Waals surface area (Å²) in [6.07, 6.45) is -12.7. The molecule has 2 saturated carbocycles. The molecule has 75 heavy (non-hydrogen) atoms. The van der Waals surface area contributed by atoms with Crippen LogP contribution in [0.5, 0.6) is 0 Å². The first-order valence-electron chi connectivity index (χ1n) is 23.6. The molecular formula is C50H64N2O22S. The number of aliphatic hydroxyl groups is 3. The minimum Gasteiger partial charge on any atom is -0.748 e. The fourth-order valence-corrected chi connectivity index (χ4v) is 10.3. The molecule has 1 aliphatic heterocycles. The highest BCUT2D eigenvalue weighted by Crippen LogP contribution is 2.64. The summed E-state index contributed by atoms with van der Waals surface area (Å²) < 4.78 is 67.7. The van der Waals surface area contributed by atoms with Crippen molar-refractivity contribution in [2.24, 2.45) is 16.7 Å². The summed E-state index contributed by atoms with van der Waals surface area (Å²) in [4.78, 5) is 108. The average molecular weight is 1080 g/mol. The van der Waals surface area contributed by atoms with E-state index < -0.39 is 160 Å². The number of carbonyl (C=O) groups excluding carboxylic acids is 7. The third-order valence-electron chi connectivity index (χ3n) is 13.9. The molecule has 0 spiro atoms. The van der Waals surface area contributed by atoms with E-state index in [1.165, 1.54) is 52.0 Å². The van der Waals surface area contributed by atoms with Crippen molar-refractivity contribution >= 4 is 57.8 Å². The number of aliphatic hydroxyl groups excluding tert-OH is 2. The highest BCUT2D eigenvalue weighted by molar-refractivity contribution is 7.84. The van der Waals surface area contributed by atoms with Crippen LogP contribution < -0.4 is 11.1 Å². The quantitative estimate of drug-likeness (QED) is 0.0653. The molecule has 412 valence electrons. The molecule has 0 aromatic heterocycles. The van der Waals surface area contributed by atoms with Gasteiger partial charge in [-0.3, -0.25) is 14.4 Å². The maximum Gasteiger partial charge on any atom is 0.408 e. The lowest BCUT2D eigenvalue weighted by molar-refractivity contribution is -0.407. The van der Waals surface area contributed by atoms with E-state index in [2.05, 4.69) is 11.1 Å². The van der Waals surface area contributed by atoms with Crippen LogP contribution in [0.15, 0.2) is 71.8 Å². The van der Waals surface area contributed by atoms with Gasteiger partial charge < -0.3 is 69.2 Å². The van der Waals surface area contributed by atoms with Gasteiger partial charge in [-0.05, 0) is 63.5 Å². The van der Waals surface area contributed by atoms with E-state index in [4.69, 9.17) is 46.1 Å². The summed E-state index contributed by atoms with van der Waals surface area (Å²) in [5, 5.41) is 49.8. The zero-order valence-corrected chi connectivity index (χ0v) is 43.6. The summed E-state index contributed by atoms with van der Waals surface area (Å²) in [6.45, 7) is 10.0. The molecule has 6 rings (SSSR count). The monoisotopic (exact) mass is 1080 g/mol. The van der Waals surface area contributed by atoms with Crippen LogP contribution in [0.4, 0.5) is 4.79 Å². The van der Waals surface area contributed by atoms with Crippen LogP contribution in [0.3, 0.4) is 0 Å². The first-order valence-corrected chi connectivity index (χ1v) is 25.4. The highest BCUT2D eigenvalue weighted by Gasteiger charge is 2.78. The molecule has 4 aliphatic rings. The normalized spacial score (nSPS) is 28.9. The Bertz CT molecular complexity index is 2660. The van der Waals surface area contributed by atoms with Crippen molar-refractivity contribution in [1.29, 1.82) is 0 Å². The van der Waals surface area contributed by atoms with Crippen molar-refractivity contribution in [3.63, 3.8) is 0 Å². The lowest BCUT2D eigenvalue weighted by Crippen LogP contribution is -2.81. The van der Waals surface area contributed by atoms with Gasteiger partial charge in [-0.1, -0.05) is 62.4 Å². The second kappa shape index (κ2) is 22.5. The van der Waals surface area contributed by atoms with Gasteiger partial charge in [0.15, 0.2) is 24.0 Å². The minimum absolute atomic E-state index is 0.0110. The zero-order valence-electron chi connectivity index (χ0n) is 42.8. The van der Waals surface area contributed by atoms with Gasteiger partial charge in [0, 0.05) is 31.4 Å². The number of rotatable bonds is 14. The number of aliphatic carboxylic acids is 1. The van der Waals surface area contributed by atoms with Crippen molar-refractivity contribution in [1.82, 2.24) is 5.32 Å². The number of benzene rings is 2. The smallest absolute Gasteiger partial charge is 0.408 e. The molecular weight excluding hydrogens is 1010 g/mol. The molecule has 24 nitrogen and oxygen atoms in total. The summed E-state index contributed by atoms with van der Waals surface area (Å²) in [5.41, 5.74) is -5.93. The van der Waals surface area contributed by atoms with Crippen LogP contribution in [-0.4, -0.2) is 160 Å². The summed E-state index contributed by atoms with van der Waals surface area (Å²) in [5.74, 6) is -9.77. The van der Waals surface area contributed by atoms with E-state index in [0.29, 0.717) is 6.26 Å². The van der Waals surface area contributed by atoms with Gasteiger partial charge in [-0.2, -0.15) is 0 Å². The minimum atomic E-state index is -3.92. The second-order valence-corrected chi connectivity index (χ2v) is 22.1. The molecule has 2 bridgehead atoms. The Kier molecular flexibility index (Phi) is 17.8. The first-order chi connectivity index (χ1) is 34.6. The van der Waals surface area contributed by atoms with E-state index in [0.717, 1.165) is 6.92 Å².